The molecule has 33 heavy (non-hydrogen) atoms. The second-order valence-corrected chi connectivity index (χ2v) is 6.62. The monoisotopic (exact) mass is 462 g/mol. The average molecular weight is 462 g/mol. The van der Waals surface area contributed by atoms with Crippen LogP contribution in [0.2, 0.25) is 0 Å². The lowest BCUT2D eigenvalue weighted by Crippen LogP contribution is -2.18. The minimum Gasteiger partial charge on any atom is -0.491 e. The highest BCUT2D eigenvalue weighted by atomic mass is 19.1. The van der Waals surface area contributed by atoms with E-state index in [1.165, 1.54) is 11.6 Å². The molecule has 176 valence electrons. The Labute approximate surface area is 189 Å². The summed E-state index contributed by atoms with van der Waals surface area (Å²) in [5.41, 5.74) is 1.89. The fourth-order valence-electron chi connectivity index (χ4n) is 2.70. The van der Waals surface area contributed by atoms with Gasteiger partial charge >= 0.3 is 6.09 Å². The highest BCUT2D eigenvalue weighted by Gasteiger charge is 2.18. The average Bonchev–Trinajstić information content (AvgIpc) is 2.81. The number of carbonyl (C=O) groups excluding carboxylic acids is 2. The zero-order valence-electron chi connectivity index (χ0n) is 17.5. The molecule has 2 aromatic carbocycles. The first-order valence-electron chi connectivity index (χ1n) is 9.96. The maximum atomic E-state index is 13.8. The van der Waals surface area contributed by atoms with Gasteiger partial charge in [0.1, 0.15) is 30.1 Å². The van der Waals surface area contributed by atoms with Gasteiger partial charge < -0.3 is 14.6 Å². The number of rotatable bonds is 11. The van der Waals surface area contributed by atoms with Crippen molar-refractivity contribution in [3.63, 3.8) is 0 Å². The van der Waals surface area contributed by atoms with E-state index in [1.807, 2.05) is 0 Å². The van der Waals surface area contributed by atoms with Crippen LogP contribution in [0.15, 0.2) is 66.8 Å². The maximum absolute atomic E-state index is 13.8. The molecule has 0 aliphatic rings. The van der Waals surface area contributed by atoms with Crippen LogP contribution in [0.4, 0.5) is 19.3 Å². The minimum absolute atomic E-state index is 0.131. The third-order valence-corrected chi connectivity index (χ3v) is 4.23. The Hall–Kier alpha value is -3.76. The third kappa shape index (κ3) is 9.09. The number of ether oxygens (including phenoxy) is 2. The molecule has 0 fully saturated rings. The smallest absolute Gasteiger partial charge is 0.412 e. The lowest BCUT2D eigenvalue weighted by atomic mass is 10.0. The van der Waals surface area contributed by atoms with Gasteiger partial charge in [0.2, 0.25) is 0 Å². The molecule has 4 N–H and O–H groups in total. The normalized spacial score (nSPS) is 12.0. The molecule has 2 rings (SSSR count). The number of amides is 2. The van der Waals surface area contributed by atoms with Gasteiger partial charge in [-0.1, -0.05) is 30.4 Å². The van der Waals surface area contributed by atoms with Crippen molar-refractivity contribution in [2.75, 3.05) is 18.5 Å². The quantitative estimate of drug-likeness (QED) is 0.173. The van der Waals surface area contributed by atoms with Gasteiger partial charge in [-0.2, -0.15) is 0 Å². The summed E-state index contributed by atoms with van der Waals surface area (Å²) in [7, 11) is 0. The van der Waals surface area contributed by atoms with Crippen LogP contribution in [0.5, 0.6) is 5.75 Å². The first-order valence-corrected chi connectivity index (χ1v) is 9.96. The molecule has 1 atom stereocenters. The van der Waals surface area contributed by atoms with Crippen molar-refractivity contribution in [1.29, 1.82) is 0 Å². The van der Waals surface area contributed by atoms with Crippen LogP contribution in [0.3, 0.4) is 0 Å². The summed E-state index contributed by atoms with van der Waals surface area (Å²) in [6.45, 7) is 0.00583. The van der Waals surface area contributed by atoms with E-state index < -0.39 is 29.7 Å². The molecule has 0 spiro atoms. The minimum atomic E-state index is -0.935. The number of allylic oxidation sites excluding steroid dienone is 3. The molecule has 0 bridgehead atoms. The summed E-state index contributed by atoms with van der Waals surface area (Å²) in [5, 5.41) is 19.5. The number of carbonyl (C=O) groups is 2. The highest BCUT2D eigenvalue weighted by Crippen LogP contribution is 2.26. The van der Waals surface area contributed by atoms with Crippen molar-refractivity contribution in [2.24, 2.45) is 0 Å². The Kier molecular flexibility index (Phi) is 10.5. The van der Waals surface area contributed by atoms with Crippen LogP contribution in [0.25, 0.3) is 0 Å². The van der Waals surface area contributed by atoms with E-state index in [1.54, 1.807) is 36.4 Å². The lowest BCUT2D eigenvalue weighted by Gasteiger charge is -2.19. The summed E-state index contributed by atoms with van der Waals surface area (Å²) in [4.78, 5) is 23.3. The fourth-order valence-corrected chi connectivity index (χ4v) is 2.70. The zero-order valence-corrected chi connectivity index (χ0v) is 17.5. The molecular formula is C23H24F2N2O6. The molecule has 0 heterocycles. The number of aliphatic hydroxyl groups is 1. The van der Waals surface area contributed by atoms with E-state index >= 15 is 0 Å². The molecule has 0 radical (unpaired) electrons. The van der Waals surface area contributed by atoms with Crippen LogP contribution in [-0.4, -0.2) is 35.5 Å². The van der Waals surface area contributed by atoms with Crippen molar-refractivity contribution >= 4 is 17.7 Å². The maximum Gasteiger partial charge on any atom is 0.412 e. The van der Waals surface area contributed by atoms with Crippen LogP contribution in [0.1, 0.15) is 24.5 Å². The van der Waals surface area contributed by atoms with Gasteiger partial charge in [0.05, 0.1) is 12.3 Å². The molecule has 0 aromatic heterocycles. The van der Waals surface area contributed by atoms with Crippen LogP contribution >= 0.6 is 0 Å². The molecule has 8 nitrogen and oxygen atoms in total. The van der Waals surface area contributed by atoms with E-state index in [2.05, 4.69) is 5.32 Å². The lowest BCUT2D eigenvalue weighted by molar-refractivity contribution is -0.124. The standard InChI is InChI=1S/C23H24F2N2O6/c24-17-9-12-20(19(25)15-17)26-23(30)33-21(5-3-1-2-4-6-22(29)27-31)16-7-10-18(11-8-16)32-14-13-28/h1-2,4,6-12,15,21,28,31H,3,5,13-14H2,(H,26,30)(H,27,29)/b2-1+,6-4+/t21-/m0/s1. The SMILES string of the molecule is O=C(/C=C/C=C/CC[C@H](OC(=O)Nc1ccc(F)cc1F)c1ccc(OCCO)cc1)NO. The van der Waals surface area contributed by atoms with Crippen molar-refractivity contribution in [3.8, 4) is 5.75 Å². The van der Waals surface area contributed by atoms with Gasteiger partial charge in [0, 0.05) is 12.1 Å². The molecule has 2 aromatic rings. The van der Waals surface area contributed by atoms with Crippen molar-refractivity contribution < 1.29 is 38.2 Å². The van der Waals surface area contributed by atoms with Gasteiger partial charge in [0.15, 0.2) is 0 Å². The molecule has 0 saturated carbocycles. The Morgan fingerprint density at radius 3 is 2.52 bits per heavy atom. The summed E-state index contributed by atoms with van der Waals surface area (Å²) < 4.78 is 37.7. The summed E-state index contributed by atoms with van der Waals surface area (Å²) in [6, 6.07) is 9.45. The van der Waals surface area contributed by atoms with Gasteiger partial charge in [-0.3, -0.25) is 15.3 Å². The molecule has 0 aliphatic heterocycles. The number of hydroxylamine groups is 1. The number of aliphatic hydroxyl groups excluding tert-OH is 1. The molecule has 0 unspecified atom stereocenters. The van der Waals surface area contributed by atoms with Gasteiger partial charge in [-0.05, 0) is 42.7 Å². The van der Waals surface area contributed by atoms with E-state index in [0.29, 0.717) is 30.2 Å². The number of halogens is 2. The fraction of sp³-hybridized carbons (Fsp3) is 0.217. The molecule has 2 amide bonds. The Balaban J connectivity index is 2.07. The molecular weight excluding hydrogens is 438 g/mol. The molecule has 0 aliphatic carbocycles. The Bertz CT molecular complexity index is 979. The van der Waals surface area contributed by atoms with Gasteiger partial charge in [-0.25, -0.2) is 19.1 Å². The van der Waals surface area contributed by atoms with E-state index in [9.17, 15) is 18.4 Å². The number of nitrogens with one attached hydrogen (secondary N) is 2. The van der Waals surface area contributed by atoms with Crippen molar-refractivity contribution in [3.05, 3.63) is 84.0 Å². The van der Waals surface area contributed by atoms with E-state index in [0.717, 1.165) is 18.2 Å². The van der Waals surface area contributed by atoms with Crippen LogP contribution in [0, 0.1) is 11.6 Å². The van der Waals surface area contributed by atoms with E-state index in [4.69, 9.17) is 19.8 Å². The largest absolute Gasteiger partial charge is 0.491 e. The second-order valence-electron chi connectivity index (χ2n) is 6.62. The predicted octanol–water partition coefficient (Wildman–Crippen LogP) is 4.02. The Morgan fingerprint density at radius 1 is 1.09 bits per heavy atom. The van der Waals surface area contributed by atoms with Crippen LogP contribution < -0.4 is 15.5 Å². The number of hydrogen-bond acceptors (Lipinski definition) is 6. The second kappa shape index (κ2) is 13.6. The molecule has 10 heteroatoms. The number of anilines is 1. The van der Waals surface area contributed by atoms with Crippen LogP contribution in [-0.2, 0) is 9.53 Å². The third-order valence-electron chi connectivity index (χ3n) is 4.23. The molecule has 0 saturated heterocycles. The summed E-state index contributed by atoms with van der Waals surface area (Å²) >= 11 is 0. The summed E-state index contributed by atoms with van der Waals surface area (Å²) in [6.07, 6.45) is 5.05. The van der Waals surface area contributed by atoms with Crippen molar-refractivity contribution in [1.82, 2.24) is 5.48 Å². The van der Waals surface area contributed by atoms with E-state index in [-0.39, 0.29) is 18.9 Å². The first-order chi connectivity index (χ1) is 15.9. The predicted molar refractivity (Wildman–Crippen MR) is 116 cm³/mol. The topological polar surface area (TPSA) is 117 Å². The highest BCUT2D eigenvalue weighted by molar-refractivity contribution is 5.86. The van der Waals surface area contributed by atoms with Gasteiger partial charge in [-0.15, -0.1) is 0 Å². The number of benzene rings is 2. The van der Waals surface area contributed by atoms with Gasteiger partial charge in [0.25, 0.3) is 5.91 Å². The Morgan fingerprint density at radius 2 is 1.85 bits per heavy atom. The number of hydrogen-bond donors (Lipinski definition) is 4. The van der Waals surface area contributed by atoms with Crippen molar-refractivity contribution in [2.45, 2.75) is 18.9 Å². The summed E-state index contributed by atoms with van der Waals surface area (Å²) in [5.74, 6) is -1.86. The zero-order chi connectivity index (χ0) is 24.1. The first kappa shape index (κ1) is 25.5.